The Morgan fingerprint density at radius 3 is 1.59 bits per heavy atom. The second-order valence-corrected chi connectivity index (χ2v) is 10.0. The first-order valence-corrected chi connectivity index (χ1v) is 11.0. The summed E-state index contributed by atoms with van der Waals surface area (Å²) >= 11 is 0. The molecule has 1 aliphatic carbocycles. The molecule has 0 amide bonds. The van der Waals surface area contributed by atoms with E-state index in [1.54, 1.807) is 48.5 Å². The smallest absolute Gasteiger partial charge is 0.187 e. The van der Waals surface area contributed by atoms with Crippen LogP contribution >= 0.6 is 7.14 Å². The van der Waals surface area contributed by atoms with Crippen molar-refractivity contribution < 1.29 is 14.1 Å². The van der Waals surface area contributed by atoms with Crippen molar-refractivity contribution in [2.24, 2.45) is 0 Å². The van der Waals surface area contributed by atoms with Gasteiger partial charge in [-0.1, -0.05) is 91.0 Å². The molecule has 1 fully saturated rings. The summed E-state index contributed by atoms with van der Waals surface area (Å²) < 4.78 is 30.1. The Balaban J connectivity index is 1.79. The number of alkyl halides is 1. The van der Waals surface area contributed by atoms with Gasteiger partial charge in [-0.2, -0.15) is 0 Å². The van der Waals surface area contributed by atoms with Gasteiger partial charge in [-0.05, 0) is 18.4 Å². The second-order valence-electron chi connectivity index (χ2n) is 7.17. The van der Waals surface area contributed by atoms with Gasteiger partial charge in [-0.3, -0.25) is 0 Å². The van der Waals surface area contributed by atoms with Crippen molar-refractivity contribution in [2.75, 3.05) is 0 Å². The van der Waals surface area contributed by atoms with Crippen molar-refractivity contribution in [3.63, 3.8) is 0 Å². The highest BCUT2D eigenvalue weighted by molar-refractivity contribution is 7.79. The molecular weight excluding hydrogens is 358 g/mol. The lowest BCUT2D eigenvalue weighted by Crippen LogP contribution is -2.39. The molecule has 1 N–H and O–H groups in total. The zero-order valence-electron chi connectivity index (χ0n) is 14.9. The third-order valence-electron chi connectivity index (χ3n) is 5.59. The van der Waals surface area contributed by atoms with Gasteiger partial charge in [0.1, 0.15) is 6.10 Å². The molecule has 1 saturated carbocycles. The molecule has 0 aliphatic heterocycles. The van der Waals surface area contributed by atoms with Crippen LogP contribution in [0, 0.1) is 0 Å². The van der Waals surface area contributed by atoms with Crippen LogP contribution in [0.5, 0.6) is 0 Å². The van der Waals surface area contributed by atoms with Crippen LogP contribution in [0.1, 0.15) is 18.4 Å². The Morgan fingerprint density at radius 2 is 1.19 bits per heavy atom. The minimum atomic E-state index is -3.66. The maximum Gasteiger partial charge on any atom is 0.187 e. The highest BCUT2D eigenvalue weighted by atomic mass is 31.2. The average molecular weight is 380 g/mol. The summed E-state index contributed by atoms with van der Waals surface area (Å²) in [6, 6.07) is 26.9. The lowest BCUT2D eigenvalue weighted by Gasteiger charge is -2.31. The Bertz CT molecular complexity index is 896. The highest BCUT2D eigenvalue weighted by Crippen LogP contribution is 2.59. The van der Waals surface area contributed by atoms with Crippen LogP contribution in [-0.2, 0) is 9.98 Å². The number of aliphatic hydroxyl groups is 1. The number of aliphatic hydroxyl groups excluding tert-OH is 1. The van der Waals surface area contributed by atoms with Crippen LogP contribution < -0.4 is 10.6 Å². The van der Waals surface area contributed by atoms with Crippen molar-refractivity contribution in [2.45, 2.75) is 30.3 Å². The molecule has 3 aromatic carbocycles. The summed E-state index contributed by atoms with van der Waals surface area (Å²) in [6.07, 6.45) is 0.0656. The van der Waals surface area contributed by atoms with Crippen LogP contribution in [0.2, 0.25) is 0 Å². The Kier molecular flexibility index (Phi) is 4.75. The van der Waals surface area contributed by atoms with E-state index in [0.717, 1.165) is 5.56 Å². The van der Waals surface area contributed by atoms with E-state index in [-0.39, 0.29) is 0 Å². The van der Waals surface area contributed by atoms with Gasteiger partial charge in [0.05, 0.1) is 0 Å². The molecule has 0 radical (unpaired) electrons. The molecule has 1 aliphatic rings. The standard InChI is InChI=1S/C23H22FO2P/c24-22(21(25)23(16-17-23)18-10-4-1-5-11-18)27(26,19-12-6-2-7-13-19)20-14-8-3-9-15-20/h1-15,21-22,25H,16-17H2/t21-,22+/m0/s1. The van der Waals surface area contributed by atoms with Gasteiger partial charge in [0.15, 0.2) is 13.1 Å². The quantitative estimate of drug-likeness (QED) is 0.644. The zero-order valence-corrected chi connectivity index (χ0v) is 15.8. The molecule has 27 heavy (non-hydrogen) atoms. The van der Waals surface area contributed by atoms with Crippen LogP contribution in [0.3, 0.4) is 0 Å². The molecular formula is C23H22FO2P. The fourth-order valence-electron chi connectivity index (χ4n) is 3.85. The first-order valence-electron chi connectivity index (χ1n) is 9.18. The molecule has 0 unspecified atom stereocenters. The monoisotopic (exact) mass is 380 g/mol. The van der Waals surface area contributed by atoms with Crippen LogP contribution in [0.4, 0.5) is 4.39 Å². The Morgan fingerprint density at radius 1 is 0.778 bits per heavy atom. The lowest BCUT2D eigenvalue weighted by atomic mass is 9.90. The minimum absolute atomic E-state index is 0.437. The topological polar surface area (TPSA) is 37.3 Å². The van der Waals surface area contributed by atoms with E-state index in [1.807, 2.05) is 42.5 Å². The number of halogens is 1. The van der Waals surface area contributed by atoms with Gasteiger partial charge in [0.2, 0.25) is 0 Å². The summed E-state index contributed by atoms with van der Waals surface area (Å²) in [5.41, 5.74) is 0.257. The fraction of sp³-hybridized carbons (Fsp3) is 0.217. The van der Waals surface area contributed by atoms with E-state index >= 15 is 4.39 Å². The predicted octanol–water partition coefficient (Wildman–Crippen LogP) is 4.39. The normalized spacial score (nSPS) is 17.9. The van der Waals surface area contributed by atoms with E-state index in [2.05, 4.69) is 0 Å². The van der Waals surface area contributed by atoms with E-state index in [1.165, 1.54) is 0 Å². The van der Waals surface area contributed by atoms with Crippen molar-refractivity contribution >= 4 is 17.8 Å². The molecule has 2 nitrogen and oxygen atoms in total. The number of hydrogen-bond donors (Lipinski definition) is 1. The molecule has 3 aromatic rings. The van der Waals surface area contributed by atoms with E-state index in [0.29, 0.717) is 23.5 Å². The largest absolute Gasteiger partial charge is 0.389 e. The van der Waals surface area contributed by atoms with Crippen molar-refractivity contribution in [1.29, 1.82) is 0 Å². The van der Waals surface area contributed by atoms with Gasteiger partial charge >= 0.3 is 0 Å². The second kappa shape index (κ2) is 7.07. The van der Waals surface area contributed by atoms with E-state index in [9.17, 15) is 9.67 Å². The summed E-state index contributed by atoms with van der Waals surface area (Å²) in [6.45, 7) is 0. The van der Waals surface area contributed by atoms with Gasteiger partial charge < -0.3 is 9.67 Å². The molecule has 0 heterocycles. The molecule has 4 heteroatoms. The highest BCUT2D eigenvalue weighted by Gasteiger charge is 2.57. The fourth-order valence-corrected chi connectivity index (χ4v) is 6.64. The number of hydrogen-bond acceptors (Lipinski definition) is 2. The molecule has 0 bridgehead atoms. The first-order chi connectivity index (χ1) is 13.1. The molecule has 2 atom stereocenters. The number of rotatable bonds is 6. The van der Waals surface area contributed by atoms with Gasteiger partial charge in [0, 0.05) is 16.0 Å². The summed E-state index contributed by atoms with van der Waals surface area (Å²) in [5.74, 6) is -1.87. The SMILES string of the molecule is O=P(c1ccccc1)(c1ccccc1)[C@@H](F)[C@H](O)C1(c2ccccc2)CC1. The predicted molar refractivity (Wildman–Crippen MR) is 108 cm³/mol. The van der Waals surface area contributed by atoms with Crippen LogP contribution in [0.25, 0.3) is 0 Å². The maximum atomic E-state index is 15.9. The van der Waals surface area contributed by atoms with Crippen molar-refractivity contribution in [1.82, 2.24) is 0 Å². The van der Waals surface area contributed by atoms with E-state index < -0.39 is 24.6 Å². The molecule has 4 rings (SSSR count). The van der Waals surface area contributed by atoms with Crippen molar-refractivity contribution in [3.8, 4) is 0 Å². The maximum absolute atomic E-state index is 15.9. The van der Waals surface area contributed by atoms with Crippen molar-refractivity contribution in [3.05, 3.63) is 96.6 Å². The lowest BCUT2D eigenvalue weighted by molar-refractivity contribution is 0.0816. The molecule has 0 aromatic heterocycles. The van der Waals surface area contributed by atoms with Gasteiger partial charge in [-0.15, -0.1) is 0 Å². The zero-order chi connectivity index (χ0) is 18.9. The third kappa shape index (κ3) is 3.05. The molecule has 0 saturated heterocycles. The summed E-state index contributed by atoms with van der Waals surface area (Å²) in [7, 11) is -3.66. The Hall–Kier alpha value is -2.22. The first kappa shape index (κ1) is 18.2. The van der Waals surface area contributed by atoms with Crippen LogP contribution in [0.15, 0.2) is 91.0 Å². The third-order valence-corrected chi connectivity index (χ3v) is 8.70. The van der Waals surface area contributed by atoms with Gasteiger partial charge in [-0.25, -0.2) is 4.39 Å². The summed E-state index contributed by atoms with van der Waals surface area (Å²) in [5, 5.41) is 11.9. The molecule has 0 spiro atoms. The molecule has 138 valence electrons. The Labute approximate surface area is 159 Å². The minimum Gasteiger partial charge on any atom is -0.389 e. The number of benzene rings is 3. The summed E-state index contributed by atoms with van der Waals surface area (Å²) in [4.78, 5) is 0. The van der Waals surface area contributed by atoms with Gasteiger partial charge in [0.25, 0.3) is 0 Å². The van der Waals surface area contributed by atoms with E-state index in [4.69, 9.17) is 0 Å². The average Bonchev–Trinajstić information content (AvgIpc) is 3.56. The van der Waals surface area contributed by atoms with Crippen LogP contribution in [-0.4, -0.2) is 17.1 Å².